The topological polar surface area (TPSA) is 117 Å². The first-order chi connectivity index (χ1) is 15.6. The number of nitrogens with zero attached hydrogens (tertiary/aromatic N) is 1. The Balaban J connectivity index is 0.000000331. The summed E-state index contributed by atoms with van der Waals surface area (Å²) < 4.78 is 12.0. The molecular formula is C25H37NO7. The summed E-state index contributed by atoms with van der Waals surface area (Å²) in [5, 5.41) is 15.6. The number of carboxylic acids is 2. The normalized spacial score (nSPS) is 36.5. The summed E-state index contributed by atoms with van der Waals surface area (Å²) in [7, 11) is 0. The van der Waals surface area contributed by atoms with E-state index in [1.807, 2.05) is 0 Å². The van der Waals surface area contributed by atoms with E-state index in [1.165, 1.54) is 18.4 Å². The van der Waals surface area contributed by atoms with Gasteiger partial charge in [0.25, 0.3) is 0 Å². The summed E-state index contributed by atoms with van der Waals surface area (Å²) >= 11 is 0. The Morgan fingerprint density at radius 1 is 1.18 bits per heavy atom. The van der Waals surface area contributed by atoms with Crippen LogP contribution in [0.15, 0.2) is 23.8 Å². The molecule has 8 nitrogen and oxygen atoms in total. The van der Waals surface area contributed by atoms with Gasteiger partial charge in [-0.3, -0.25) is 4.79 Å². The van der Waals surface area contributed by atoms with Gasteiger partial charge in [0, 0.05) is 24.6 Å². The van der Waals surface area contributed by atoms with Crippen LogP contribution in [0.25, 0.3) is 0 Å². The molecule has 4 aliphatic rings. The lowest BCUT2D eigenvalue weighted by molar-refractivity contribution is -0.145. The summed E-state index contributed by atoms with van der Waals surface area (Å²) in [6, 6.07) is 0. The third-order valence-electron chi connectivity index (χ3n) is 7.44. The Hall–Kier alpha value is -2.19. The van der Waals surface area contributed by atoms with Gasteiger partial charge in [0.1, 0.15) is 12.2 Å². The number of rotatable bonds is 4. The molecular weight excluding hydrogens is 426 g/mol. The number of ether oxygens (including phenoxy) is 2. The van der Waals surface area contributed by atoms with Gasteiger partial charge in [0.2, 0.25) is 0 Å². The fourth-order valence-corrected chi connectivity index (χ4v) is 5.21. The van der Waals surface area contributed by atoms with Gasteiger partial charge in [0.15, 0.2) is 0 Å². The van der Waals surface area contributed by atoms with Crippen LogP contribution < -0.4 is 0 Å². The van der Waals surface area contributed by atoms with Crippen LogP contribution in [0.3, 0.4) is 0 Å². The van der Waals surface area contributed by atoms with E-state index >= 15 is 0 Å². The molecule has 0 aromatic carbocycles. The quantitative estimate of drug-likeness (QED) is 0.282. The molecule has 0 aromatic heterocycles. The van der Waals surface area contributed by atoms with Gasteiger partial charge in [-0.1, -0.05) is 18.6 Å². The maximum atomic E-state index is 12.7. The van der Waals surface area contributed by atoms with Crippen molar-refractivity contribution in [2.24, 2.45) is 17.8 Å². The molecule has 0 spiro atoms. The van der Waals surface area contributed by atoms with Crippen LogP contribution in [0.5, 0.6) is 0 Å². The maximum Gasteiger partial charge on any atom is 0.328 e. The molecule has 2 N–H and O–H groups in total. The highest BCUT2D eigenvalue weighted by Crippen LogP contribution is 2.50. The first-order valence-corrected chi connectivity index (χ1v) is 12.0. The minimum absolute atomic E-state index is 0.0207. The molecule has 0 aromatic rings. The van der Waals surface area contributed by atoms with Crippen LogP contribution >= 0.6 is 0 Å². The third-order valence-corrected chi connectivity index (χ3v) is 7.44. The summed E-state index contributed by atoms with van der Waals surface area (Å²) in [6.45, 7) is 9.87. The number of esters is 1. The Kier molecular flexibility index (Phi) is 8.34. The lowest BCUT2D eigenvalue weighted by Crippen LogP contribution is -2.40. The van der Waals surface area contributed by atoms with Gasteiger partial charge in [-0.05, 0) is 71.4 Å². The Bertz CT molecular complexity index is 783. The zero-order chi connectivity index (χ0) is 24.2. The van der Waals surface area contributed by atoms with E-state index in [0.717, 1.165) is 51.2 Å². The molecule has 3 heterocycles. The number of hydrogen-bond donors (Lipinski definition) is 2. The first kappa shape index (κ1) is 25.4. The second kappa shape index (κ2) is 10.8. The Labute approximate surface area is 195 Å². The number of epoxide rings is 1. The highest BCUT2D eigenvalue weighted by Gasteiger charge is 2.62. The molecule has 1 aliphatic carbocycles. The largest absolute Gasteiger partial charge is 0.478 e. The van der Waals surface area contributed by atoms with Crippen LogP contribution in [0.2, 0.25) is 0 Å². The van der Waals surface area contributed by atoms with Crippen molar-refractivity contribution in [1.29, 1.82) is 0 Å². The van der Waals surface area contributed by atoms with Crippen molar-refractivity contribution in [3.05, 3.63) is 23.8 Å². The molecule has 33 heavy (non-hydrogen) atoms. The van der Waals surface area contributed by atoms with Crippen molar-refractivity contribution in [2.45, 2.75) is 77.1 Å². The molecule has 0 radical (unpaired) electrons. The average molecular weight is 464 g/mol. The van der Waals surface area contributed by atoms with Crippen molar-refractivity contribution >= 4 is 17.9 Å². The molecule has 0 bridgehead atoms. The molecule has 184 valence electrons. The molecule has 3 aliphatic heterocycles. The minimum Gasteiger partial charge on any atom is -0.478 e. The molecule has 8 heteroatoms. The number of carbonyl (C=O) groups excluding carboxylic acids is 1. The monoisotopic (exact) mass is 463 g/mol. The fourth-order valence-electron chi connectivity index (χ4n) is 5.21. The third kappa shape index (κ3) is 6.90. The predicted molar refractivity (Wildman–Crippen MR) is 122 cm³/mol. The van der Waals surface area contributed by atoms with Crippen LogP contribution in [0.1, 0.15) is 59.3 Å². The lowest BCUT2D eigenvalue weighted by Gasteiger charge is -2.32. The van der Waals surface area contributed by atoms with Gasteiger partial charge in [-0.25, -0.2) is 9.59 Å². The van der Waals surface area contributed by atoms with E-state index in [9.17, 15) is 14.4 Å². The van der Waals surface area contributed by atoms with E-state index in [0.29, 0.717) is 18.1 Å². The number of piperidine rings is 1. The van der Waals surface area contributed by atoms with Gasteiger partial charge < -0.3 is 24.6 Å². The number of allylic oxidation sites excluding steroid dienone is 2. The number of carboxylic acid groups (broad SMARTS) is 2. The molecule has 3 saturated heterocycles. The summed E-state index contributed by atoms with van der Waals surface area (Å²) in [5.41, 5.74) is 1.36. The van der Waals surface area contributed by atoms with Crippen molar-refractivity contribution in [3.63, 3.8) is 0 Å². The predicted octanol–water partition coefficient (Wildman–Crippen LogP) is 3.27. The van der Waals surface area contributed by atoms with Crippen molar-refractivity contribution in [2.75, 3.05) is 19.6 Å². The first-order valence-electron chi connectivity index (χ1n) is 12.0. The molecule has 3 fully saturated rings. The molecule has 0 saturated carbocycles. The highest BCUT2D eigenvalue weighted by atomic mass is 16.6. The van der Waals surface area contributed by atoms with Crippen LogP contribution in [-0.2, 0) is 23.9 Å². The zero-order valence-electron chi connectivity index (χ0n) is 19.9. The second-order valence-corrected chi connectivity index (χ2v) is 10.1. The lowest BCUT2D eigenvalue weighted by atomic mass is 9.80. The molecule has 4 rings (SSSR count). The SMILES string of the molecule is C/C1=C/CC[C@@]2(C)O[C@H]2[C@H]2OC(=O)[C@@H](CN3CCC(C)CC3)[C@@H]2CC1.O=C(O)/C=C/C(=O)O. The second-order valence-electron chi connectivity index (χ2n) is 10.1. The number of hydrogen-bond acceptors (Lipinski definition) is 6. The standard InChI is InChI=1S/C21H33NO3.C4H4O4/c1-14-5-4-10-21(3)19(25-21)18-16(7-6-14)17(20(23)24-18)13-22-11-8-15(2)9-12-22;5-3(6)1-2-4(7)8/h5,15-19H,4,6-13H2,1-3H3;1-2H,(H,5,6)(H,7,8)/b14-5-;2-1+/t16-,17-,18-,19-,21+;/m0./s1. The average Bonchev–Trinajstić information content (AvgIpc) is 3.32. The van der Waals surface area contributed by atoms with Crippen LogP contribution in [0, 0.1) is 17.8 Å². The maximum absolute atomic E-state index is 12.7. The van der Waals surface area contributed by atoms with Gasteiger partial charge >= 0.3 is 17.9 Å². The van der Waals surface area contributed by atoms with Crippen molar-refractivity contribution in [1.82, 2.24) is 4.90 Å². The zero-order valence-corrected chi connectivity index (χ0v) is 19.9. The van der Waals surface area contributed by atoms with E-state index in [-0.39, 0.29) is 29.7 Å². The number of fused-ring (bicyclic) bond motifs is 3. The number of carbonyl (C=O) groups is 3. The summed E-state index contributed by atoms with van der Waals surface area (Å²) in [6.07, 6.45) is 10.3. The molecule has 0 unspecified atom stereocenters. The van der Waals surface area contributed by atoms with Crippen molar-refractivity contribution in [3.8, 4) is 0 Å². The summed E-state index contributed by atoms with van der Waals surface area (Å²) in [4.78, 5) is 34.3. The number of aliphatic carboxylic acids is 2. The van der Waals surface area contributed by atoms with Crippen LogP contribution in [0.4, 0.5) is 0 Å². The van der Waals surface area contributed by atoms with Gasteiger partial charge in [-0.15, -0.1) is 0 Å². The van der Waals surface area contributed by atoms with E-state index in [1.54, 1.807) is 0 Å². The van der Waals surface area contributed by atoms with E-state index in [2.05, 4.69) is 31.7 Å². The minimum atomic E-state index is -1.26. The van der Waals surface area contributed by atoms with E-state index in [4.69, 9.17) is 19.7 Å². The number of likely N-dealkylation sites (tertiary alicyclic amines) is 1. The smallest absolute Gasteiger partial charge is 0.328 e. The molecule has 0 amide bonds. The Morgan fingerprint density at radius 3 is 2.42 bits per heavy atom. The molecule has 5 atom stereocenters. The van der Waals surface area contributed by atoms with Crippen LogP contribution in [-0.4, -0.2) is 70.5 Å². The highest BCUT2D eigenvalue weighted by molar-refractivity contribution is 5.89. The Morgan fingerprint density at radius 2 is 1.82 bits per heavy atom. The fraction of sp³-hybridized carbons (Fsp3) is 0.720. The van der Waals surface area contributed by atoms with Gasteiger partial charge in [-0.2, -0.15) is 0 Å². The van der Waals surface area contributed by atoms with E-state index < -0.39 is 11.9 Å². The van der Waals surface area contributed by atoms with Crippen molar-refractivity contribution < 1.29 is 34.1 Å². The van der Waals surface area contributed by atoms with Gasteiger partial charge in [0.05, 0.1) is 11.5 Å². The summed E-state index contributed by atoms with van der Waals surface area (Å²) in [5.74, 6) is -1.34.